The number of aromatic carboxylic acids is 1. The molecule has 0 atom stereocenters. The van der Waals surface area contributed by atoms with Crippen molar-refractivity contribution in [3.8, 4) is 16.9 Å². The van der Waals surface area contributed by atoms with Gasteiger partial charge in [-0.2, -0.15) is 0 Å². The summed E-state index contributed by atoms with van der Waals surface area (Å²) in [6.07, 6.45) is 2.94. The summed E-state index contributed by atoms with van der Waals surface area (Å²) in [6, 6.07) is 8.41. The molecule has 102 valence electrons. The van der Waals surface area contributed by atoms with E-state index in [0.717, 1.165) is 30.4 Å². The highest BCUT2D eigenvalue weighted by Gasteiger charge is 2.20. The molecule has 0 unspecified atom stereocenters. The van der Waals surface area contributed by atoms with Crippen LogP contribution >= 0.6 is 0 Å². The lowest BCUT2D eigenvalue weighted by molar-refractivity contribution is 0.0697. The number of anilines is 1. The quantitative estimate of drug-likeness (QED) is 0.578. The van der Waals surface area contributed by atoms with E-state index in [2.05, 4.69) is 0 Å². The van der Waals surface area contributed by atoms with Crippen LogP contribution in [0.5, 0.6) is 5.75 Å². The Balaban J connectivity index is 2.10. The van der Waals surface area contributed by atoms with Gasteiger partial charge in [0.2, 0.25) is 0 Å². The molecule has 2 aromatic rings. The van der Waals surface area contributed by atoms with Gasteiger partial charge in [0.1, 0.15) is 5.75 Å². The smallest absolute Gasteiger partial charge is 0.335 e. The SMILES string of the molecule is Nc1c(O)c(-c2ccc(C(=O)O)cc2)cc2c1CCC2. The van der Waals surface area contributed by atoms with Crippen molar-refractivity contribution in [2.45, 2.75) is 19.3 Å². The molecule has 4 heteroatoms. The van der Waals surface area contributed by atoms with Crippen LogP contribution in [0.4, 0.5) is 5.69 Å². The molecule has 0 heterocycles. The maximum absolute atomic E-state index is 10.9. The van der Waals surface area contributed by atoms with Crippen LogP contribution < -0.4 is 5.73 Å². The van der Waals surface area contributed by atoms with Crippen molar-refractivity contribution in [2.75, 3.05) is 5.73 Å². The normalized spacial score (nSPS) is 13.2. The van der Waals surface area contributed by atoms with Crippen molar-refractivity contribution in [1.82, 2.24) is 0 Å². The third kappa shape index (κ3) is 1.90. The predicted octanol–water partition coefficient (Wildman–Crippen LogP) is 2.83. The Kier molecular flexibility index (Phi) is 2.86. The fraction of sp³-hybridized carbons (Fsp3) is 0.188. The standard InChI is InChI=1S/C16H15NO3/c17-14-12-3-1-2-11(12)8-13(15(14)18)9-4-6-10(7-5-9)16(19)20/h4-8,18H,1-3,17H2,(H,19,20). The van der Waals surface area contributed by atoms with E-state index in [1.54, 1.807) is 12.1 Å². The Morgan fingerprint density at radius 3 is 2.50 bits per heavy atom. The van der Waals surface area contributed by atoms with E-state index in [1.165, 1.54) is 17.7 Å². The number of phenolic OH excluding ortho intramolecular Hbond substituents is 1. The lowest BCUT2D eigenvalue weighted by Crippen LogP contribution is -1.97. The molecule has 0 aromatic heterocycles. The zero-order valence-corrected chi connectivity index (χ0v) is 10.9. The van der Waals surface area contributed by atoms with Crippen molar-refractivity contribution in [2.24, 2.45) is 0 Å². The number of aryl methyl sites for hydroxylation is 1. The molecule has 3 rings (SSSR count). The van der Waals surface area contributed by atoms with Gasteiger partial charge in [0.05, 0.1) is 11.3 Å². The van der Waals surface area contributed by atoms with E-state index < -0.39 is 5.97 Å². The minimum atomic E-state index is -0.964. The van der Waals surface area contributed by atoms with Crippen molar-refractivity contribution < 1.29 is 15.0 Å². The molecule has 0 spiro atoms. The van der Waals surface area contributed by atoms with Crippen LogP contribution in [-0.4, -0.2) is 16.2 Å². The fourth-order valence-electron chi connectivity index (χ4n) is 2.78. The zero-order valence-electron chi connectivity index (χ0n) is 10.9. The first-order chi connectivity index (χ1) is 9.58. The summed E-state index contributed by atoms with van der Waals surface area (Å²) in [4.78, 5) is 10.9. The number of fused-ring (bicyclic) bond motifs is 1. The van der Waals surface area contributed by atoms with Gasteiger partial charge in [-0.05, 0) is 54.2 Å². The maximum Gasteiger partial charge on any atom is 0.335 e. The number of hydrogen-bond acceptors (Lipinski definition) is 3. The number of carboxylic acids is 1. The molecule has 1 aliphatic rings. The minimum absolute atomic E-state index is 0.0914. The Morgan fingerprint density at radius 2 is 1.85 bits per heavy atom. The summed E-state index contributed by atoms with van der Waals surface area (Å²) in [5, 5.41) is 19.2. The first kappa shape index (κ1) is 12.5. The molecule has 0 aliphatic heterocycles. The summed E-state index contributed by atoms with van der Waals surface area (Å²) in [5.74, 6) is -0.872. The number of nitrogens with two attached hydrogens (primary N) is 1. The zero-order chi connectivity index (χ0) is 14.3. The molecular weight excluding hydrogens is 254 g/mol. The second-order valence-corrected chi connectivity index (χ2v) is 5.06. The van der Waals surface area contributed by atoms with Gasteiger partial charge in [-0.1, -0.05) is 12.1 Å². The van der Waals surface area contributed by atoms with Gasteiger partial charge in [-0.3, -0.25) is 0 Å². The molecule has 4 nitrogen and oxygen atoms in total. The molecule has 0 fully saturated rings. The van der Waals surface area contributed by atoms with Crippen molar-refractivity contribution in [1.29, 1.82) is 0 Å². The monoisotopic (exact) mass is 269 g/mol. The molecular formula is C16H15NO3. The minimum Gasteiger partial charge on any atom is -0.505 e. The van der Waals surface area contributed by atoms with Crippen molar-refractivity contribution in [3.63, 3.8) is 0 Å². The molecule has 0 saturated carbocycles. The first-order valence-corrected chi connectivity index (χ1v) is 6.55. The van der Waals surface area contributed by atoms with Crippen molar-refractivity contribution >= 4 is 11.7 Å². The van der Waals surface area contributed by atoms with Gasteiger partial charge in [0.25, 0.3) is 0 Å². The number of rotatable bonds is 2. The Morgan fingerprint density at radius 1 is 1.15 bits per heavy atom. The number of benzene rings is 2. The van der Waals surface area contributed by atoms with Crippen LogP contribution in [0.2, 0.25) is 0 Å². The molecule has 4 N–H and O–H groups in total. The topological polar surface area (TPSA) is 83.5 Å². The lowest BCUT2D eigenvalue weighted by atomic mass is 9.97. The van der Waals surface area contributed by atoms with E-state index in [4.69, 9.17) is 10.8 Å². The van der Waals surface area contributed by atoms with Crippen LogP contribution in [0.3, 0.4) is 0 Å². The van der Waals surface area contributed by atoms with E-state index in [-0.39, 0.29) is 11.3 Å². The molecule has 0 amide bonds. The molecule has 20 heavy (non-hydrogen) atoms. The number of nitrogen functional groups attached to an aromatic ring is 1. The second-order valence-electron chi connectivity index (χ2n) is 5.06. The fourth-order valence-corrected chi connectivity index (χ4v) is 2.78. The highest BCUT2D eigenvalue weighted by Crippen LogP contribution is 2.41. The largest absolute Gasteiger partial charge is 0.505 e. The van der Waals surface area contributed by atoms with Gasteiger partial charge < -0.3 is 15.9 Å². The van der Waals surface area contributed by atoms with Crippen LogP contribution in [0.1, 0.15) is 27.9 Å². The second kappa shape index (κ2) is 4.56. The van der Waals surface area contributed by atoms with Crippen LogP contribution in [0, 0.1) is 0 Å². The third-order valence-corrected chi connectivity index (χ3v) is 3.86. The predicted molar refractivity (Wildman–Crippen MR) is 76.9 cm³/mol. The summed E-state index contributed by atoms with van der Waals surface area (Å²) < 4.78 is 0. The van der Waals surface area contributed by atoms with E-state index in [9.17, 15) is 9.90 Å². The van der Waals surface area contributed by atoms with E-state index in [0.29, 0.717) is 11.3 Å². The lowest BCUT2D eigenvalue weighted by Gasteiger charge is -2.12. The van der Waals surface area contributed by atoms with Gasteiger partial charge in [-0.15, -0.1) is 0 Å². The number of hydrogen-bond donors (Lipinski definition) is 3. The van der Waals surface area contributed by atoms with E-state index in [1.807, 2.05) is 6.07 Å². The Labute approximate surface area is 116 Å². The average molecular weight is 269 g/mol. The molecule has 0 saturated heterocycles. The van der Waals surface area contributed by atoms with Crippen LogP contribution in [-0.2, 0) is 12.8 Å². The number of aromatic hydroxyl groups is 1. The maximum atomic E-state index is 10.9. The summed E-state index contributed by atoms with van der Waals surface area (Å²) >= 11 is 0. The van der Waals surface area contributed by atoms with Gasteiger partial charge in [-0.25, -0.2) is 4.79 Å². The highest BCUT2D eigenvalue weighted by molar-refractivity contribution is 5.89. The molecule has 0 radical (unpaired) electrons. The first-order valence-electron chi connectivity index (χ1n) is 6.55. The summed E-state index contributed by atoms with van der Waals surface area (Å²) in [6.45, 7) is 0. The van der Waals surface area contributed by atoms with Gasteiger partial charge in [0.15, 0.2) is 0 Å². The summed E-state index contributed by atoms with van der Waals surface area (Å²) in [5.41, 5.74) is 10.4. The molecule has 0 bridgehead atoms. The van der Waals surface area contributed by atoms with E-state index >= 15 is 0 Å². The highest BCUT2D eigenvalue weighted by atomic mass is 16.4. The van der Waals surface area contributed by atoms with Crippen LogP contribution in [0.25, 0.3) is 11.1 Å². The summed E-state index contributed by atoms with van der Waals surface area (Å²) in [7, 11) is 0. The molecule has 1 aliphatic carbocycles. The number of phenols is 1. The number of carboxylic acid groups (broad SMARTS) is 1. The van der Waals surface area contributed by atoms with Crippen LogP contribution in [0.15, 0.2) is 30.3 Å². The number of carbonyl (C=O) groups is 1. The third-order valence-electron chi connectivity index (χ3n) is 3.86. The average Bonchev–Trinajstić information content (AvgIpc) is 2.91. The molecule has 2 aromatic carbocycles. The van der Waals surface area contributed by atoms with Gasteiger partial charge in [0, 0.05) is 5.56 Å². The van der Waals surface area contributed by atoms with Crippen molar-refractivity contribution in [3.05, 3.63) is 47.0 Å². The van der Waals surface area contributed by atoms with Gasteiger partial charge >= 0.3 is 5.97 Å². The Bertz CT molecular complexity index is 690. The Hall–Kier alpha value is -2.49.